The third-order valence-electron chi connectivity index (χ3n) is 1.77. The topological polar surface area (TPSA) is 93.5 Å². The van der Waals surface area contributed by atoms with E-state index >= 15 is 0 Å². The van der Waals surface area contributed by atoms with Gasteiger partial charge in [0.2, 0.25) is 0 Å². The van der Waals surface area contributed by atoms with Crippen molar-refractivity contribution in [3.63, 3.8) is 0 Å². The Hall–Kier alpha value is -1.23. The van der Waals surface area contributed by atoms with Crippen LogP contribution in [0.2, 0.25) is 0 Å². The van der Waals surface area contributed by atoms with Crippen molar-refractivity contribution in [3.8, 4) is 0 Å². The van der Waals surface area contributed by atoms with Crippen LogP contribution in [0.1, 0.15) is 0 Å². The van der Waals surface area contributed by atoms with Gasteiger partial charge in [-0.2, -0.15) is 4.98 Å². The normalized spacial score (nSPS) is 10.5. The van der Waals surface area contributed by atoms with E-state index in [1.807, 2.05) is 0 Å². The van der Waals surface area contributed by atoms with Crippen molar-refractivity contribution in [1.82, 2.24) is 24.7 Å². The van der Waals surface area contributed by atoms with Crippen molar-refractivity contribution in [1.29, 1.82) is 0 Å². The number of nitrogens with zero attached hydrogens (tertiary/aromatic N) is 4. The van der Waals surface area contributed by atoms with Crippen molar-refractivity contribution >= 4 is 34.4 Å². The van der Waals surface area contributed by atoms with Gasteiger partial charge in [-0.05, 0) is 34.4 Å². The lowest BCUT2D eigenvalue weighted by Gasteiger charge is -2.05. The number of hydrogen-bond acceptors (Lipinski definition) is 6. The van der Waals surface area contributed by atoms with Crippen LogP contribution < -0.4 is 11.1 Å². The van der Waals surface area contributed by atoms with Crippen LogP contribution in [-0.4, -0.2) is 24.7 Å². The molecule has 0 aromatic carbocycles. The maximum atomic E-state index is 11.2. The van der Waals surface area contributed by atoms with Gasteiger partial charge in [0.25, 0.3) is 0 Å². The van der Waals surface area contributed by atoms with E-state index in [1.165, 1.54) is 22.8 Å². The molecule has 0 amide bonds. The summed E-state index contributed by atoms with van der Waals surface area (Å²) in [5.74, 6) is 0. The number of nitrogens with one attached hydrogen (secondary N) is 1. The summed E-state index contributed by atoms with van der Waals surface area (Å²) in [6, 6.07) is 0. The summed E-state index contributed by atoms with van der Waals surface area (Å²) in [4.78, 5) is 33.8. The van der Waals surface area contributed by atoms with Crippen LogP contribution in [0, 0.1) is 3.57 Å². The van der Waals surface area contributed by atoms with Crippen LogP contribution in [0.15, 0.2) is 32.3 Å². The zero-order chi connectivity index (χ0) is 12.4. The van der Waals surface area contributed by atoms with Gasteiger partial charge in [-0.1, -0.05) is 0 Å². The molecule has 88 valence electrons. The second-order valence-electron chi connectivity index (χ2n) is 2.98. The molecule has 0 saturated carbocycles. The summed E-state index contributed by atoms with van der Waals surface area (Å²) in [5, 5.41) is 3.41. The smallest absolute Gasteiger partial charge is 0.265 e. The molecular formula is C8H6IN5O2S. The highest BCUT2D eigenvalue weighted by molar-refractivity contribution is 14.1. The first kappa shape index (κ1) is 12.2. The molecular weight excluding hydrogens is 357 g/mol. The Morgan fingerprint density at radius 3 is 2.94 bits per heavy atom. The lowest BCUT2D eigenvalue weighted by atomic mass is 10.7. The van der Waals surface area contributed by atoms with Gasteiger partial charge in [0.15, 0.2) is 5.16 Å². The van der Waals surface area contributed by atoms with E-state index < -0.39 is 11.1 Å². The van der Waals surface area contributed by atoms with Crippen LogP contribution in [0.5, 0.6) is 0 Å². The average Bonchev–Trinajstić information content (AvgIpc) is 2.29. The lowest BCUT2D eigenvalue weighted by molar-refractivity contribution is 0.596. The maximum absolute atomic E-state index is 11.2. The summed E-state index contributed by atoms with van der Waals surface area (Å²) in [6.45, 7) is 0. The molecule has 0 unspecified atom stereocenters. The molecule has 0 fully saturated rings. The highest BCUT2D eigenvalue weighted by Crippen LogP contribution is 2.25. The number of halogens is 1. The summed E-state index contributed by atoms with van der Waals surface area (Å²) in [6.07, 6.45) is 3.06. The van der Waals surface area contributed by atoms with E-state index in [1.54, 1.807) is 13.2 Å². The first-order valence-electron chi connectivity index (χ1n) is 4.38. The van der Waals surface area contributed by atoms with Crippen LogP contribution in [-0.2, 0) is 7.05 Å². The van der Waals surface area contributed by atoms with Gasteiger partial charge in [0, 0.05) is 13.2 Å². The van der Waals surface area contributed by atoms with Crippen molar-refractivity contribution < 1.29 is 0 Å². The van der Waals surface area contributed by atoms with E-state index in [9.17, 15) is 9.59 Å². The molecule has 0 aliphatic carbocycles. The van der Waals surface area contributed by atoms with Gasteiger partial charge in [0.05, 0.1) is 3.57 Å². The first-order valence-corrected chi connectivity index (χ1v) is 6.28. The molecule has 0 radical (unpaired) electrons. The Labute approximate surface area is 113 Å². The second-order valence-corrected chi connectivity index (χ2v) is 5.10. The van der Waals surface area contributed by atoms with E-state index in [4.69, 9.17) is 0 Å². The Kier molecular flexibility index (Phi) is 3.57. The van der Waals surface area contributed by atoms with Gasteiger partial charge >= 0.3 is 11.1 Å². The molecule has 2 aromatic rings. The number of aromatic nitrogens is 5. The largest absolute Gasteiger partial charge is 0.339 e. The Morgan fingerprint density at radius 1 is 1.47 bits per heavy atom. The highest BCUT2D eigenvalue weighted by Gasteiger charge is 2.09. The molecule has 7 nitrogen and oxygen atoms in total. The average molecular weight is 363 g/mol. The Balaban J connectivity index is 2.44. The number of aromatic amines is 1. The lowest BCUT2D eigenvalue weighted by Crippen LogP contribution is -2.33. The van der Waals surface area contributed by atoms with Crippen LogP contribution in [0.25, 0.3) is 0 Å². The summed E-state index contributed by atoms with van der Waals surface area (Å²) in [5.41, 5.74) is -1.55. The van der Waals surface area contributed by atoms with E-state index in [2.05, 4.69) is 42.6 Å². The molecule has 2 aromatic heterocycles. The minimum Gasteiger partial charge on any atom is -0.265 e. The van der Waals surface area contributed by atoms with E-state index in [0.717, 1.165) is 3.57 Å². The molecule has 0 bridgehead atoms. The fourth-order valence-corrected chi connectivity index (χ4v) is 2.38. The molecule has 9 heteroatoms. The quantitative estimate of drug-likeness (QED) is 0.459. The van der Waals surface area contributed by atoms with Crippen LogP contribution in [0.4, 0.5) is 0 Å². The monoisotopic (exact) mass is 363 g/mol. The number of H-pyrrole nitrogens is 1. The molecule has 0 atom stereocenters. The fraction of sp³-hybridized carbons (Fsp3) is 0.125. The van der Waals surface area contributed by atoms with Crippen LogP contribution in [0.3, 0.4) is 0 Å². The van der Waals surface area contributed by atoms with Crippen molar-refractivity contribution in [2.24, 2.45) is 7.05 Å². The SMILES string of the molecule is Cn1[nH]c(=O)c(=O)nc1Sc1ncncc1I. The number of aryl methyl sites for hydroxylation is 1. The van der Waals surface area contributed by atoms with Gasteiger partial charge in [-0.25, -0.2) is 9.97 Å². The molecule has 0 aliphatic heterocycles. The van der Waals surface area contributed by atoms with E-state index in [0.29, 0.717) is 10.2 Å². The van der Waals surface area contributed by atoms with E-state index in [-0.39, 0.29) is 0 Å². The molecule has 2 heterocycles. The zero-order valence-corrected chi connectivity index (χ0v) is 11.5. The standard InChI is InChI=1S/C8H6IN5O2S/c1-14-8(12-5(15)6(16)13-14)17-7-4(9)2-10-3-11-7/h2-3H,1H3,(H,13,16). The van der Waals surface area contributed by atoms with Gasteiger partial charge < -0.3 is 0 Å². The van der Waals surface area contributed by atoms with Crippen LogP contribution >= 0.6 is 34.4 Å². The summed E-state index contributed by atoms with van der Waals surface area (Å²) in [7, 11) is 1.60. The molecule has 0 saturated heterocycles. The third-order valence-corrected chi connectivity index (χ3v) is 3.99. The Bertz CT molecular complexity index is 667. The molecule has 2 rings (SSSR count). The Morgan fingerprint density at radius 2 is 2.24 bits per heavy atom. The zero-order valence-electron chi connectivity index (χ0n) is 8.55. The molecule has 1 N–H and O–H groups in total. The van der Waals surface area contributed by atoms with Gasteiger partial charge in [0.1, 0.15) is 11.4 Å². The third kappa shape index (κ3) is 2.72. The molecule has 0 aliphatic rings. The predicted octanol–water partition coefficient (Wildman–Crippen LogP) is 0.0144. The predicted molar refractivity (Wildman–Crippen MR) is 69.0 cm³/mol. The maximum Gasteiger partial charge on any atom is 0.339 e. The second kappa shape index (κ2) is 4.96. The molecule has 17 heavy (non-hydrogen) atoms. The number of hydrogen-bond donors (Lipinski definition) is 1. The first-order chi connectivity index (χ1) is 8.08. The van der Waals surface area contributed by atoms with Crippen molar-refractivity contribution in [2.75, 3.05) is 0 Å². The minimum atomic E-state index is -0.810. The summed E-state index contributed by atoms with van der Waals surface area (Å²) < 4.78 is 2.22. The molecule has 0 spiro atoms. The number of rotatable bonds is 2. The van der Waals surface area contributed by atoms with Crippen molar-refractivity contribution in [2.45, 2.75) is 10.2 Å². The summed E-state index contributed by atoms with van der Waals surface area (Å²) >= 11 is 3.27. The highest BCUT2D eigenvalue weighted by atomic mass is 127. The minimum absolute atomic E-state index is 0.367. The fourth-order valence-electron chi connectivity index (χ4n) is 1.01. The van der Waals surface area contributed by atoms with Crippen molar-refractivity contribution in [3.05, 3.63) is 36.8 Å². The van der Waals surface area contributed by atoms with Gasteiger partial charge in [-0.3, -0.25) is 19.4 Å². The van der Waals surface area contributed by atoms with Gasteiger partial charge in [-0.15, -0.1) is 0 Å².